The summed E-state index contributed by atoms with van der Waals surface area (Å²) in [5.74, 6) is -0.0425. The minimum atomic E-state index is -1.26. The zero-order chi connectivity index (χ0) is 21.6. The number of benzene rings is 1. The number of hydrogen-bond donors (Lipinski definition) is 3. The van der Waals surface area contributed by atoms with E-state index in [0.717, 1.165) is 24.0 Å². The Bertz CT molecular complexity index is 790. The molecule has 8 heteroatoms. The summed E-state index contributed by atoms with van der Waals surface area (Å²) in [4.78, 5) is 12.8. The smallest absolute Gasteiger partial charge is 0.215 e. The van der Waals surface area contributed by atoms with Gasteiger partial charge in [-0.05, 0) is 75.8 Å². The van der Waals surface area contributed by atoms with Crippen molar-refractivity contribution in [2.75, 3.05) is 19.0 Å². The third-order valence-corrected chi connectivity index (χ3v) is 5.88. The maximum atomic E-state index is 14.4. The maximum absolute atomic E-state index is 14.4. The molecule has 29 heavy (non-hydrogen) atoms. The predicted molar refractivity (Wildman–Crippen MR) is 114 cm³/mol. The van der Waals surface area contributed by atoms with Gasteiger partial charge in [-0.2, -0.15) is 0 Å². The Morgan fingerprint density at radius 1 is 1.41 bits per heavy atom. The molecule has 5 nitrogen and oxygen atoms in total. The van der Waals surface area contributed by atoms with E-state index >= 15 is 0 Å². The lowest BCUT2D eigenvalue weighted by molar-refractivity contribution is -0.115. The Labute approximate surface area is 175 Å². The normalized spacial score (nSPS) is 16.4. The third kappa shape index (κ3) is 6.75. The molecule has 2 rings (SSSR count). The van der Waals surface area contributed by atoms with E-state index in [1.54, 1.807) is 26.1 Å². The van der Waals surface area contributed by atoms with Crippen LogP contribution >= 0.6 is 11.9 Å². The van der Waals surface area contributed by atoms with E-state index < -0.39 is 18.6 Å². The molecule has 1 aliphatic rings. The molecule has 0 spiro atoms. The van der Waals surface area contributed by atoms with E-state index in [-0.39, 0.29) is 16.9 Å². The van der Waals surface area contributed by atoms with Crippen LogP contribution in [0, 0.1) is 12.7 Å². The lowest BCUT2D eigenvalue weighted by Crippen LogP contribution is -2.28. The molecule has 160 valence electrons. The molecule has 3 N–H and O–H groups in total. The molecule has 1 aromatic carbocycles. The maximum Gasteiger partial charge on any atom is 0.215 e. The number of carbonyl (C=O) groups excluding carboxylic acids is 1. The first-order valence-corrected chi connectivity index (χ1v) is 10.3. The van der Waals surface area contributed by atoms with Gasteiger partial charge in [-0.25, -0.2) is 8.78 Å². The van der Waals surface area contributed by atoms with Crippen LogP contribution < -0.4 is 10.0 Å². The van der Waals surface area contributed by atoms with Crippen molar-refractivity contribution in [1.82, 2.24) is 9.62 Å². The van der Waals surface area contributed by atoms with Gasteiger partial charge < -0.3 is 20.0 Å². The highest BCUT2D eigenvalue weighted by atomic mass is 32.2. The first-order valence-electron chi connectivity index (χ1n) is 9.49. The number of amides is 1. The molecule has 0 aromatic heterocycles. The quantitative estimate of drug-likeness (QED) is 0.281. The van der Waals surface area contributed by atoms with E-state index in [9.17, 15) is 13.6 Å². The lowest BCUT2D eigenvalue weighted by Gasteiger charge is -2.24. The van der Waals surface area contributed by atoms with Crippen LogP contribution in [0.1, 0.15) is 38.7 Å². The number of rotatable bonds is 11. The molecular formula is C21H29F2N3O2S. The van der Waals surface area contributed by atoms with Crippen LogP contribution in [-0.2, 0) is 4.79 Å². The van der Waals surface area contributed by atoms with Crippen LogP contribution in [0.5, 0.6) is 0 Å². The van der Waals surface area contributed by atoms with Crippen molar-refractivity contribution in [2.24, 2.45) is 0 Å². The van der Waals surface area contributed by atoms with Gasteiger partial charge >= 0.3 is 0 Å². The molecule has 1 unspecified atom stereocenters. The Morgan fingerprint density at radius 2 is 2.10 bits per heavy atom. The average molecular weight is 426 g/mol. The van der Waals surface area contributed by atoms with Crippen LogP contribution in [0.15, 0.2) is 41.4 Å². The van der Waals surface area contributed by atoms with Gasteiger partial charge in [0.25, 0.3) is 0 Å². The Kier molecular flexibility index (Phi) is 8.10. The highest BCUT2D eigenvalue weighted by Gasteiger charge is 2.45. The Balaban J connectivity index is 2.33. The third-order valence-electron chi connectivity index (χ3n) is 4.55. The minimum absolute atomic E-state index is 0.246. The number of alkyl halides is 1. The molecular weight excluding hydrogens is 396 g/mol. The van der Waals surface area contributed by atoms with Gasteiger partial charge in [0.05, 0.1) is 18.0 Å². The number of nitrogens with one attached hydrogen (secondary N) is 2. The summed E-state index contributed by atoms with van der Waals surface area (Å²) in [7, 11) is 1.57. The Hall–Kier alpha value is -2.06. The molecule has 0 aliphatic heterocycles. The zero-order valence-electron chi connectivity index (χ0n) is 17.3. The minimum Gasteiger partial charge on any atom is -0.393 e. The van der Waals surface area contributed by atoms with E-state index in [2.05, 4.69) is 10.0 Å². The van der Waals surface area contributed by atoms with Gasteiger partial charge in [-0.15, -0.1) is 0 Å². The summed E-state index contributed by atoms with van der Waals surface area (Å²) in [6.45, 7) is 5.13. The van der Waals surface area contributed by atoms with Crippen molar-refractivity contribution >= 4 is 24.0 Å². The van der Waals surface area contributed by atoms with Gasteiger partial charge in [0.1, 0.15) is 17.8 Å². The van der Waals surface area contributed by atoms with Crippen molar-refractivity contribution in [3.05, 3.63) is 52.7 Å². The van der Waals surface area contributed by atoms with E-state index in [1.165, 1.54) is 22.9 Å². The highest BCUT2D eigenvalue weighted by Crippen LogP contribution is 2.51. The largest absolute Gasteiger partial charge is 0.393 e. The van der Waals surface area contributed by atoms with Crippen molar-refractivity contribution < 1.29 is 18.7 Å². The van der Waals surface area contributed by atoms with Crippen LogP contribution in [0.25, 0.3) is 0 Å². The van der Waals surface area contributed by atoms with Crippen molar-refractivity contribution in [3.63, 3.8) is 0 Å². The summed E-state index contributed by atoms with van der Waals surface area (Å²) >= 11 is 1.38. The standard InChI is InChI=1S/C21H29F2N3O2S/c1-14(2)9-19(25-29-21(7-8-21)11-16(22)12-27)20(26(4)13-28)24-18-6-5-15(3)10-17(18)23/h5-6,9-10,13,16,24-25,27H,7-8,11-12H2,1-4H3/b20-19+. The summed E-state index contributed by atoms with van der Waals surface area (Å²) < 4.78 is 31.0. The van der Waals surface area contributed by atoms with E-state index in [1.807, 2.05) is 19.9 Å². The van der Waals surface area contributed by atoms with Crippen molar-refractivity contribution in [3.8, 4) is 0 Å². The topological polar surface area (TPSA) is 64.6 Å². The molecule has 1 aliphatic carbocycles. The number of hydrogen-bond acceptors (Lipinski definition) is 5. The average Bonchev–Trinajstić information content (AvgIpc) is 3.43. The number of carbonyl (C=O) groups is 1. The van der Waals surface area contributed by atoms with Crippen molar-refractivity contribution in [2.45, 2.75) is 51.0 Å². The van der Waals surface area contributed by atoms with Gasteiger partial charge in [0, 0.05) is 11.8 Å². The molecule has 1 fully saturated rings. The van der Waals surface area contributed by atoms with Gasteiger partial charge in [0.15, 0.2) is 0 Å². The number of anilines is 1. The molecule has 1 atom stereocenters. The number of aliphatic hydroxyl groups excluding tert-OH is 1. The highest BCUT2D eigenvalue weighted by molar-refractivity contribution is 7.99. The van der Waals surface area contributed by atoms with Gasteiger partial charge in [-0.3, -0.25) is 4.79 Å². The second kappa shape index (κ2) is 10.1. The van der Waals surface area contributed by atoms with E-state index in [4.69, 9.17) is 5.11 Å². The molecule has 0 heterocycles. The van der Waals surface area contributed by atoms with Crippen molar-refractivity contribution in [1.29, 1.82) is 0 Å². The zero-order valence-corrected chi connectivity index (χ0v) is 18.1. The predicted octanol–water partition coefficient (Wildman–Crippen LogP) is 4.26. The molecule has 0 saturated heterocycles. The summed E-state index contributed by atoms with van der Waals surface area (Å²) in [6, 6.07) is 4.81. The summed E-state index contributed by atoms with van der Waals surface area (Å²) in [5.41, 5.74) is 2.59. The fourth-order valence-corrected chi connectivity index (χ4v) is 3.85. The first-order chi connectivity index (χ1) is 13.7. The molecule has 0 radical (unpaired) electrons. The fraction of sp³-hybridized carbons (Fsp3) is 0.476. The second-order valence-corrected chi connectivity index (χ2v) is 8.95. The monoisotopic (exact) mass is 425 g/mol. The summed E-state index contributed by atoms with van der Waals surface area (Å²) in [6.07, 6.45) is 3.15. The van der Waals surface area contributed by atoms with Crippen LogP contribution in [0.3, 0.4) is 0 Å². The number of aryl methyl sites for hydroxylation is 1. The molecule has 1 aromatic rings. The SMILES string of the molecule is CC(C)=C/C(NSC1(CC(F)CO)CC1)=C(/Nc1ccc(C)cc1F)N(C)C=O. The van der Waals surface area contributed by atoms with Crippen LogP contribution in [0.2, 0.25) is 0 Å². The number of aliphatic hydroxyl groups is 1. The number of allylic oxidation sites excluding steroid dienone is 2. The van der Waals surface area contributed by atoms with Crippen LogP contribution in [-0.4, -0.2) is 41.0 Å². The second-order valence-electron chi connectivity index (χ2n) is 7.68. The molecule has 1 saturated carbocycles. The number of halogens is 2. The Morgan fingerprint density at radius 3 is 2.62 bits per heavy atom. The summed E-state index contributed by atoms with van der Waals surface area (Å²) in [5, 5.41) is 12.0. The molecule has 0 bridgehead atoms. The fourth-order valence-electron chi connectivity index (χ4n) is 2.80. The van der Waals surface area contributed by atoms with Crippen LogP contribution in [0.4, 0.5) is 14.5 Å². The van der Waals surface area contributed by atoms with Gasteiger partial charge in [-0.1, -0.05) is 11.6 Å². The number of nitrogens with zero attached hydrogens (tertiary/aromatic N) is 1. The lowest BCUT2D eigenvalue weighted by atomic mass is 10.2. The van der Waals surface area contributed by atoms with Gasteiger partial charge in [0.2, 0.25) is 6.41 Å². The first kappa shape index (κ1) is 23.2. The van der Waals surface area contributed by atoms with E-state index in [0.29, 0.717) is 17.9 Å². The molecule has 1 amide bonds.